The Hall–Kier alpha value is -5.13. The highest BCUT2D eigenvalue weighted by Crippen LogP contribution is 2.28. The van der Waals surface area contributed by atoms with Crippen molar-refractivity contribution in [3.63, 3.8) is 0 Å². The number of hydrogen-bond acceptors (Lipinski definition) is 7. The number of benzene rings is 1. The molecular formula is C29H25FN6O5. The van der Waals surface area contributed by atoms with Gasteiger partial charge in [0.15, 0.2) is 5.65 Å². The second kappa shape index (κ2) is 10.5. The summed E-state index contributed by atoms with van der Waals surface area (Å²) < 4.78 is 23.1. The van der Waals surface area contributed by atoms with Crippen LogP contribution in [-0.2, 0) is 4.74 Å². The van der Waals surface area contributed by atoms with Gasteiger partial charge in [0.25, 0.3) is 11.5 Å². The van der Waals surface area contributed by atoms with Gasteiger partial charge in [0.2, 0.25) is 0 Å². The molecule has 1 saturated carbocycles. The van der Waals surface area contributed by atoms with Crippen LogP contribution in [0.5, 0.6) is 0 Å². The minimum absolute atomic E-state index is 0.0203. The molecule has 6 rings (SSSR count). The first-order chi connectivity index (χ1) is 19.8. The highest BCUT2D eigenvalue weighted by atomic mass is 19.1. The fraction of sp³-hybridized carbons (Fsp3) is 0.241. The molecule has 1 aromatic carbocycles. The third kappa shape index (κ3) is 4.77. The number of halogens is 1. The first-order valence-corrected chi connectivity index (χ1v) is 13.1. The molecule has 4 heterocycles. The van der Waals surface area contributed by atoms with Crippen LogP contribution in [0.3, 0.4) is 0 Å². The first kappa shape index (κ1) is 26.1. The van der Waals surface area contributed by atoms with E-state index in [0.717, 1.165) is 16.8 Å². The molecule has 0 bridgehead atoms. The summed E-state index contributed by atoms with van der Waals surface area (Å²) in [6, 6.07) is 12.1. The number of hydrogen-bond donors (Lipinski definition) is 1. The summed E-state index contributed by atoms with van der Waals surface area (Å²) in [6.45, 7) is 0. The molecule has 0 saturated heterocycles. The van der Waals surface area contributed by atoms with Crippen LogP contribution in [0.15, 0.2) is 76.7 Å². The number of pyridine rings is 2. The van der Waals surface area contributed by atoms with Crippen LogP contribution < -0.4 is 16.6 Å². The maximum atomic E-state index is 14.2. The van der Waals surface area contributed by atoms with E-state index in [9.17, 15) is 23.6 Å². The maximum absolute atomic E-state index is 14.2. The number of imidazole rings is 1. The summed E-state index contributed by atoms with van der Waals surface area (Å²) in [5, 5.41) is 2.95. The lowest BCUT2D eigenvalue weighted by Crippen LogP contribution is -2.45. The molecule has 1 aliphatic rings. The molecule has 5 aromatic rings. The number of amides is 1. The Kier molecular flexibility index (Phi) is 6.66. The van der Waals surface area contributed by atoms with Crippen molar-refractivity contribution in [2.75, 3.05) is 7.11 Å². The summed E-state index contributed by atoms with van der Waals surface area (Å²) in [7, 11) is 1.25. The molecule has 0 aliphatic heterocycles. The quantitative estimate of drug-likeness (QED) is 0.330. The van der Waals surface area contributed by atoms with Crippen LogP contribution in [0.2, 0.25) is 0 Å². The molecule has 41 heavy (non-hydrogen) atoms. The Morgan fingerprint density at radius 3 is 2.61 bits per heavy atom. The van der Waals surface area contributed by atoms with Crippen LogP contribution in [0.25, 0.3) is 22.4 Å². The summed E-state index contributed by atoms with van der Waals surface area (Å²) in [5.74, 6) is -1.61. The van der Waals surface area contributed by atoms with E-state index >= 15 is 0 Å². The van der Waals surface area contributed by atoms with Crippen molar-refractivity contribution in [2.24, 2.45) is 0 Å². The molecule has 11 nitrogen and oxygen atoms in total. The lowest BCUT2D eigenvalue weighted by Gasteiger charge is -2.30. The van der Waals surface area contributed by atoms with E-state index in [1.165, 1.54) is 23.8 Å². The van der Waals surface area contributed by atoms with Gasteiger partial charge in [-0.15, -0.1) is 0 Å². The fourth-order valence-corrected chi connectivity index (χ4v) is 5.41. The summed E-state index contributed by atoms with van der Waals surface area (Å²) in [4.78, 5) is 60.8. The van der Waals surface area contributed by atoms with Gasteiger partial charge in [-0.05, 0) is 62.1 Å². The van der Waals surface area contributed by atoms with Crippen LogP contribution in [0, 0.1) is 5.82 Å². The van der Waals surface area contributed by atoms with Crippen molar-refractivity contribution < 1.29 is 18.7 Å². The van der Waals surface area contributed by atoms with Crippen molar-refractivity contribution in [3.8, 4) is 5.69 Å². The fourth-order valence-electron chi connectivity index (χ4n) is 5.41. The number of aromatic nitrogens is 5. The zero-order valence-electron chi connectivity index (χ0n) is 22.0. The predicted molar refractivity (Wildman–Crippen MR) is 147 cm³/mol. The van der Waals surface area contributed by atoms with Crippen LogP contribution in [0.1, 0.15) is 52.6 Å². The van der Waals surface area contributed by atoms with Crippen LogP contribution in [0.4, 0.5) is 4.39 Å². The monoisotopic (exact) mass is 556 g/mol. The molecule has 0 spiro atoms. The second-order valence-electron chi connectivity index (χ2n) is 9.93. The highest BCUT2D eigenvalue weighted by Gasteiger charge is 2.28. The molecule has 1 amide bonds. The molecule has 0 radical (unpaired) electrons. The third-order valence-corrected chi connectivity index (χ3v) is 7.41. The van der Waals surface area contributed by atoms with E-state index in [4.69, 9.17) is 4.74 Å². The van der Waals surface area contributed by atoms with Gasteiger partial charge in [-0.1, -0.05) is 12.1 Å². The molecule has 1 N–H and O–H groups in total. The number of nitrogens with one attached hydrogen (secondary N) is 1. The van der Waals surface area contributed by atoms with Gasteiger partial charge in [0, 0.05) is 24.5 Å². The standard InChI is InChI=1S/C29H25FN6O5/c1-41-28(39)17-5-4-6-21(13-17)35-25-22(14-18(30)15-31-25)27(38)36(29(35)40)20-10-8-19(9-11-20)32-26(37)23-16-34-12-3-2-7-24(34)33-23/h2-7,12-16,19-20H,8-11H2,1H3,(H,32,37). The van der Waals surface area contributed by atoms with Crippen LogP contribution in [-0.4, -0.2) is 48.5 Å². The lowest BCUT2D eigenvalue weighted by atomic mass is 9.90. The lowest BCUT2D eigenvalue weighted by molar-refractivity contribution is 0.0600. The summed E-state index contributed by atoms with van der Waals surface area (Å²) >= 11 is 0. The zero-order valence-corrected chi connectivity index (χ0v) is 22.0. The van der Waals surface area contributed by atoms with Crippen LogP contribution >= 0.6 is 0 Å². The Morgan fingerprint density at radius 1 is 1.05 bits per heavy atom. The largest absolute Gasteiger partial charge is 0.465 e. The van der Waals surface area contributed by atoms with E-state index in [2.05, 4.69) is 15.3 Å². The van der Waals surface area contributed by atoms with E-state index < -0.39 is 29.1 Å². The van der Waals surface area contributed by atoms with Crippen molar-refractivity contribution in [3.05, 3.63) is 105 Å². The van der Waals surface area contributed by atoms with E-state index in [1.807, 2.05) is 24.4 Å². The Morgan fingerprint density at radius 2 is 1.85 bits per heavy atom. The average Bonchev–Trinajstić information content (AvgIpc) is 3.43. The van der Waals surface area contributed by atoms with Gasteiger partial charge in [0.05, 0.1) is 29.9 Å². The summed E-state index contributed by atoms with van der Waals surface area (Å²) in [5.41, 5.74) is 0.131. The maximum Gasteiger partial charge on any atom is 0.337 e. The number of esters is 1. The molecular weight excluding hydrogens is 531 g/mol. The van der Waals surface area contributed by atoms with Gasteiger partial charge >= 0.3 is 11.7 Å². The molecule has 12 heteroatoms. The van der Waals surface area contributed by atoms with Crippen molar-refractivity contribution in [2.45, 2.75) is 37.8 Å². The van der Waals surface area contributed by atoms with Gasteiger partial charge in [-0.25, -0.2) is 28.5 Å². The predicted octanol–water partition coefficient (Wildman–Crippen LogP) is 3.03. The third-order valence-electron chi connectivity index (χ3n) is 7.41. The zero-order chi connectivity index (χ0) is 28.7. The molecule has 208 valence electrons. The number of ether oxygens (including phenoxy) is 1. The Bertz CT molecular complexity index is 1900. The highest BCUT2D eigenvalue weighted by molar-refractivity contribution is 5.93. The number of fused-ring (bicyclic) bond motifs is 2. The van der Waals surface area contributed by atoms with E-state index in [1.54, 1.807) is 22.7 Å². The SMILES string of the molecule is COC(=O)c1cccc(-n2c(=O)n(C3CCC(NC(=O)c4cn5ccccc5n4)CC3)c(=O)c3cc(F)cnc32)c1. The molecule has 0 unspecified atom stereocenters. The van der Waals surface area contributed by atoms with E-state index in [-0.39, 0.29) is 34.2 Å². The molecule has 1 aliphatic carbocycles. The number of nitrogens with zero attached hydrogens (tertiary/aromatic N) is 5. The number of rotatable bonds is 5. The number of carbonyl (C=O) groups is 2. The smallest absolute Gasteiger partial charge is 0.337 e. The minimum atomic E-state index is -0.715. The van der Waals surface area contributed by atoms with Gasteiger partial charge < -0.3 is 14.5 Å². The molecule has 0 atom stereocenters. The topological polar surface area (TPSA) is 130 Å². The van der Waals surface area contributed by atoms with Gasteiger partial charge in [-0.3, -0.25) is 14.2 Å². The molecule has 1 fully saturated rings. The van der Waals surface area contributed by atoms with E-state index in [0.29, 0.717) is 37.0 Å². The normalized spacial score (nSPS) is 17.0. The summed E-state index contributed by atoms with van der Waals surface area (Å²) in [6.07, 6.45) is 6.31. The molecule has 4 aromatic heterocycles. The van der Waals surface area contributed by atoms with Crippen molar-refractivity contribution in [1.29, 1.82) is 0 Å². The first-order valence-electron chi connectivity index (χ1n) is 13.1. The van der Waals surface area contributed by atoms with Gasteiger partial charge in [0.1, 0.15) is 17.2 Å². The minimum Gasteiger partial charge on any atom is -0.465 e. The Balaban J connectivity index is 1.31. The number of methoxy groups -OCH3 is 1. The second-order valence-corrected chi connectivity index (χ2v) is 9.93. The van der Waals surface area contributed by atoms with Crippen molar-refractivity contribution in [1.82, 2.24) is 28.8 Å². The number of carbonyl (C=O) groups excluding carboxylic acids is 2. The van der Waals surface area contributed by atoms with Crippen molar-refractivity contribution >= 4 is 28.6 Å². The Labute approximate surface area is 231 Å². The van der Waals surface area contributed by atoms with Gasteiger partial charge in [-0.2, -0.15) is 0 Å². The average molecular weight is 557 g/mol.